The van der Waals surface area contributed by atoms with E-state index in [1.54, 1.807) is 0 Å². The lowest BCUT2D eigenvalue weighted by Crippen LogP contribution is -2.49. The third-order valence-corrected chi connectivity index (χ3v) is 3.36. The van der Waals surface area contributed by atoms with Crippen LogP contribution in [0, 0.1) is 0 Å². The maximum atomic E-state index is 5.89. The number of ether oxygens (including phenoxy) is 1. The Balaban J connectivity index is 1.78. The molecule has 1 N–H and O–H groups in total. The van der Waals surface area contributed by atoms with Gasteiger partial charge in [-0.1, -0.05) is 0 Å². The molecule has 2 aliphatic heterocycles. The van der Waals surface area contributed by atoms with Crippen LogP contribution in [0.25, 0.3) is 0 Å². The molecule has 0 unspecified atom stereocenters. The van der Waals surface area contributed by atoms with Crippen molar-refractivity contribution in [1.82, 2.24) is 10.2 Å². The minimum atomic E-state index is 0.381. The normalized spacial score (nSPS) is 40.3. The van der Waals surface area contributed by atoms with Crippen molar-refractivity contribution in [2.24, 2.45) is 0 Å². The minimum Gasteiger partial charge on any atom is -0.371 e. The van der Waals surface area contributed by atoms with E-state index in [4.69, 9.17) is 4.74 Å². The zero-order valence-corrected chi connectivity index (χ0v) is 9.33. The van der Waals surface area contributed by atoms with Crippen LogP contribution in [0.1, 0.15) is 26.7 Å². The summed E-state index contributed by atoms with van der Waals surface area (Å²) in [5, 5.41) is 3.42. The van der Waals surface area contributed by atoms with Crippen LogP contribution < -0.4 is 5.32 Å². The van der Waals surface area contributed by atoms with Crippen LogP contribution in [0.3, 0.4) is 0 Å². The third kappa shape index (κ3) is 2.47. The summed E-state index contributed by atoms with van der Waals surface area (Å²) < 4.78 is 5.89. The predicted octanol–water partition coefficient (Wildman–Crippen LogP) is 0.848. The highest BCUT2D eigenvalue weighted by Crippen LogP contribution is 2.17. The predicted molar refractivity (Wildman–Crippen MR) is 57.5 cm³/mol. The Kier molecular flexibility index (Phi) is 3.42. The molecular formula is C11H22N2O. The molecule has 2 aliphatic rings. The summed E-state index contributed by atoms with van der Waals surface area (Å²) in [4.78, 5) is 2.56. The molecule has 0 aliphatic carbocycles. The second kappa shape index (κ2) is 4.60. The first-order chi connectivity index (χ1) is 6.75. The summed E-state index contributed by atoms with van der Waals surface area (Å²) in [5.74, 6) is 0. The SMILES string of the molecule is C[C@@H]1CNC[C@@H](CN2CCC[C@H]2C)O1. The van der Waals surface area contributed by atoms with Gasteiger partial charge in [-0.05, 0) is 33.2 Å². The average Bonchev–Trinajstić information content (AvgIpc) is 2.52. The van der Waals surface area contributed by atoms with Crippen molar-refractivity contribution >= 4 is 0 Å². The quantitative estimate of drug-likeness (QED) is 0.712. The maximum Gasteiger partial charge on any atom is 0.0830 e. The van der Waals surface area contributed by atoms with E-state index in [2.05, 4.69) is 24.1 Å². The van der Waals surface area contributed by atoms with Crippen molar-refractivity contribution in [3.8, 4) is 0 Å². The molecule has 0 aromatic rings. The summed E-state index contributed by atoms with van der Waals surface area (Å²) >= 11 is 0. The first-order valence-corrected chi connectivity index (χ1v) is 5.86. The Labute approximate surface area is 86.8 Å². The van der Waals surface area contributed by atoms with Gasteiger partial charge in [-0.15, -0.1) is 0 Å². The first kappa shape index (κ1) is 10.4. The second-order valence-corrected chi connectivity index (χ2v) is 4.71. The van der Waals surface area contributed by atoms with Crippen molar-refractivity contribution in [3.63, 3.8) is 0 Å². The van der Waals surface area contributed by atoms with Gasteiger partial charge in [0.2, 0.25) is 0 Å². The average molecular weight is 198 g/mol. The highest BCUT2D eigenvalue weighted by molar-refractivity contribution is 4.81. The minimum absolute atomic E-state index is 0.381. The smallest absolute Gasteiger partial charge is 0.0830 e. The number of morpholine rings is 1. The summed E-state index contributed by atoms with van der Waals surface area (Å²) in [6.45, 7) is 8.87. The molecule has 0 bridgehead atoms. The van der Waals surface area contributed by atoms with Crippen LogP contribution in [-0.2, 0) is 4.74 Å². The lowest BCUT2D eigenvalue weighted by Gasteiger charge is -2.33. The van der Waals surface area contributed by atoms with Crippen molar-refractivity contribution in [3.05, 3.63) is 0 Å². The number of nitrogens with one attached hydrogen (secondary N) is 1. The largest absolute Gasteiger partial charge is 0.371 e. The summed E-state index contributed by atoms with van der Waals surface area (Å²) in [7, 11) is 0. The van der Waals surface area contributed by atoms with Crippen molar-refractivity contribution in [1.29, 1.82) is 0 Å². The van der Waals surface area contributed by atoms with Crippen molar-refractivity contribution < 1.29 is 4.74 Å². The molecular weight excluding hydrogens is 176 g/mol. The molecule has 14 heavy (non-hydrogen) atoms. The Morgan fingerprint density at radius 1 is 1.36 bits per heavy atom. The molecule has 0 saturated carbocycles. The molecule has 2 fully saturated rings. The van der Waals surface area contributed by atoms with E-state index in [-0.39, 0.29) is 0 Å². The highest BCUT2D eigenvalue weighted by atomic mass is 16.5. The fourth-order valence-electron chi connectivity index (χ4n) is 2.51. The van der Waals surface area contributed by atoms with Gasteiger partial charge in [0.15, 0.2) is 0 Å². The van der Waals surface area contributed by atoms with Crippen LogP contribution in [0.2, 0.25) is 0 Å². The van der Waals surface area contributed by atoms with Crippen LogP contribution >= 0.6 is 0 Å². The maximum absolute atomic E-state index is 5.89. The van der Waals surface area contributed by atoms with Gasteiger partial charge in [0.05, 0.1) is 12.2 Å². The Hall–Kier alpha value is -0.120. The van der Waals surface area contributed by atoms with E-state index in [0.717, 1.165) is 25.7 Å². The van der Waals surface area contributed by atoms with E-state index in [1.807, 2.05) is 0 Å². The van der Waals surface area contributed by atoms with E-state index in [1.165, 1.54) is 19.4 Å². The zero-order valence-electron chi connectivity index (χ0n) is 9.33. The Morgan fingerprint density at radius 3 is 2.86 bits per heavy atom. The van der Waals surface area contributed by atoms with Gasteiger partial charge in [0.1, 0.15) is 0 Å². The van der Waals surface area contributed by atoms with Gasteiger partial charge >= 0.3 is 0 Å². The first-order valence-electron chi connectivity index (χ1n) is 5.86. The van der Waals surface area contributed by atoms with Crippen LogP contribution in [0.5, 0.6) is 0 Å². The van der Waals surface area contributed by atoms with E-state index < -0.39 is 0 Å². The van der Waals surface area contributed by atoms with Crippen LogP contribution in [0.15, 0.2) is 0 Å². The number of rotatable bonds is 2. The van der Waals surface area contributed by atoms with Crippen LogP contribution in [0.4, 0.5) is 0 Å². The van der Waals surface area contributed by atoms with Crippen molar-refractivity contribution in [2.75, 3.05) is 26.2 Å². The Bertz CT molecular complexity index is 186. The van der Waals surface area contributed by atoms with Gasteiger partial charge in [0, 0.05) is 25.7 Å². The van der Waals surface area contributed by atoms with Gasteiger partial charge < -0.3 is 10.1 Å². The number of nitrogens with zero attached hydrogens (tertiary/aromatic N) is 1. The molecule has 2 heterocycles. The van der Waals surface area contributed by atoms with Crippen LogP contribution in [-0.4, -0.2) is 49.3 Å². The van der Waals surface area contributed by atoms with Crippen molar-refractivity contribution in [2.45, 2.75) is 44.9 Å². The Morgan fingerprint density at radius 2 is 2.21 bits per heavy atom. The molecule has 0 amide bonds. The molecule has 0 radical (unpaired) electrons. The molecule has 82 valence electrons. The molecule has 0 spiro atoms. The summed E-state index contributed by atoms with van der Waals surface area (Å²) in [6.07, 6.45) is 3.50. The lowest BCUT2D eigenvalue weighted by molar-refractivity contribution is -0.0432. The monoisotopic (exact) mass is 198 g/mol. The van der Waals surface area contributed by atoms with Gasteiger partial charge in [-0.2, -0.15) is 0 Å². The van der Waals surface area contributed by atoms with E-state index in [9.17, 15) is 0 Å². The zero-order chi connectivity index (χ0) is 9.97. The molecule has 2 rings (SSSR count). The van der Waals surface area contributed by atoms with E-state index >= 15 is 0 Å². The fourth-order valence-corrected chi connectivity index (χ4v) is 2.51. The topological polar surface area (TPSA) is 24.5 Å². The third-order valence-electron chi connectivity index (χ3n) is 3.36. The van der Waals surface area contributed by atoms with E-state index in [0.29, 0.717) is 12.2 Å². The number of hydrogen-bond donors (Lipinski definition) is 1. The summed E-state index contributed by atoms with van der Waals surface area (Å²) in [5.41, 5.74) is 0. The molecule has 3 atom stereocenters. The lowest BCUT2D eigenvalue weighted by atomic mass is 10.2. The summed E-state index contributed by atoms with van der Waals surface area (Å²) in [6, 6.07) is 0.760. The molecule has 0 aromatic heterocycles. The molecule has 3 heteroatoms. The molecule has 2 saturated heterocycles. The molecule has 0 aromatic carbocycles. The highest BCUT2D eigenvalue weighted by Gasteiger charge is 2.26. The van der Waals surface area contributed by atoms with Gasteiger partial charge in [0.25, 0.3) is 0 Å². The number of likely N-dealkylation sites (tertiary alicyclic amines) is 1. The fraction of sp³-hybridized carbons (Fsp3) is 1.00. The molecule has 3 nitrogen and oxygen atoms in total. The standard InChI is InChI=1S/C11H22N2O/c1-9-4-3-5-13(9)8-11-7-12-6-10(2)14-11/h9-12H,3-8H2,1-2H3/t9-,10-,11+/m1/s1. The number of hydrogen-bond acceptors (Lipinski definition) is 3. The van der Waals surface area contributed by atoms with Gasteiger partial charge in [-0.3, -0.25) is 4.90 Å². The van der Waals surface area contributed by atoms with Gasteiger partial charge in [-0.25, -0.2) is 0 Å². The second-order valence-electron chi connectivity index (χ2n) is 4.71.